The van der Waals surface area contributed by atoms with Gasteiger partial charge in [0.2, 0.25) is 0 Å². The highest BCUT2D eigenvalue weighted by molar-refractivity contribution is 5.80. The van der Waals surface area contributed by atoms with Crippen LogP contribution in [-0.4, -0.2) is 34.9 Å². The average Bonchev–Trinajstić information content (AvgIpc) is 3.35. The molecule has 122 valence electrons. The minimum absolute atomic E-state index is 0.144. The van der Waals surface area contributed by atoms with E-state index in [4.69, 9.17) is 0 Å². The van der Waals surface area contributed by atoms with E-state index in [1.807, 2.05) is 12.1 Å². The topological polar surface area (TPSA) is 40.5 Å². The second kappa shape index (κ2) is 4.83. The van der Waals surface area contributed by atoms with E-state index in [9.17, 15) is 9.90 Å². The minimum atomic E-state index is 0.144. The van der Waals surface area contributed by atoms with Crippen LogP contribution >= 0.6 is 0 Å². The van der Waals surface area contributed by atoms with Gasteiger partial charge in [-0.1, -0.05) is 6.07 Å². The second-order valence-corrected chi connectivity index (χ2v) is 8.31. The highest BCUT2D eigenvalue weighted by atomic mass is 16.3. The van der Waals surface area contributed by atoms with Crippen LogP contribution in [0, 0.1) is 11.8 Å². The molecular formula is C20H25NO2. The summed E-state index contributed by atoms with van der Waals surface area (Å²) >= 11 is 0. The molecule has 3 atom stereocenters. The van der Waals surface area contributed by atoms with E-state index in [0.29, 0.717) is 23.5 Å². The standard InChI is InChI=1S/C20H25NO2/c22-15-4-3-14-9-19-18-11-16(23)5-6-20(18,17(14)10-15)7-8-21(19)12-13-1-2-13/h3-4,10,13,18-19,22H,1-2,5-9,11-12H2/t18-,19+,20-/m0/s1. The lowest BCUT2D eigenvalue weighted by molar-refractivity contribution is -0.127. The van der Waals surface area contributed by atoms with Crippen LogP contribution in [0.15, 0.2) is 18.2 Å². The number of hydrogen-bond donors (Lipinski definition) is 1. The zero-order valence-corrected chi connectivity index (χ0v) is 13.6. The second-order valence-electron chi connectivity index (χ2n) is 8.31. The molecule has 4 aliphatic rings. The van der Waals surface area contributed by atoms with Crippen molar-refractivity contribution in [1.29, 1.82) is 0 Å². The summed E-state index contributed by atoms with van der Waals surface area (Å²) in [7, 11) is 0. The SMILES string of the molecule is O=C1CC[C@]23CCN(CC4CC4)[C@H](Cc4ccc(O)cc42)[C@@H]3C1. The van der Waals surface area contributed by atoms with Gasteiger partial charge in [-0.05, 0) is 73.7 Å². The number of fused-ring (bicyclic) bond motifs is 1. The van der Waals surface area contributed by atoms with Crippen LogP contribution in [0.25, 0.3) is 0 Å². The van der Waals surface area contributed by atoms with Crippen molar-refractivity contribution in [3.63, 3.8) is 0 Å². The Morgan fingerprint density at radius 3 is 2.91 bits per heavy atom. The van der Waals surface area contributed by atoms with Gasteiger partial charge in [0.1, 0.15) is 11.5 Å². The van der Waals surface area contributed by atoms with Crippen molar-refractivity contribution in [2.45, 2.75) is 56.4 Å². The van der Waals surface area contributed by atoms with Crippen LogP contribution in [-0.2, 0) is 16.6 Å². The summed E-state index contributed by atoms with van der Waals surface area (Å²) in [5.41, 5.74) is 2.92. The van der Waals surface area contributed by atoms with Crippen molar-refractivity contribution in [3.8, 4) is 5.75 Å². The number of benzene rings is 1. The van der Waals surface area contributed by atoms with E-state index in [1.54, 1.807) is 0 Å². The molecule has 3 nitrogen and oxygen atoms in total. The molecule has 0 spiro atoms. The Bertz CT molecular complexity index is 666. The zero-order valence-electron chi connectivity index (χ0n) is 13.6. The summed E-state index contributed by atoms with van der Waals surface area (Å²) in [4.78, 5) is 14.9. The van der Waals surface area contributed by atoms with Gasteiger partial charge in [0.05, 0.1) is 0 Å². The smallest absolute Gasteiger partial charge is 0.133 e. The van der Waals surface area contributed by atoms with Crippen molar-refractivity contribution in [1.82, 2.24) is 4.90 Å². The number of ketones is 1. The molecule has 1 heterocycles. The summed E-state index contributed by atoms with van der Waals surface area (Å²) in [5.74, 6) is 2.20. The molecule has 0 radical (unpaired) electrons. The van der Waals surface area contributed by atoms with Gasteiger partial charge in [-0.2, -0.15) is 0 Å². The summed E-state index contributed by atoms with van der Waals surface area (Å²) in [6, 6.07) is 6.51. The predicted octanol–water partition coefficient (Wildman–Crippen LogP) is 3.04. The average molecular weight is 311 g/mol. The molecule has 1 aliphatic heterocycles. The van der Waals surface area contributed by atoms with Gasteiger partial charge < -0.3 is 5.11 Å². The third-order valence-corrected chi connectivity index (χ3v) is 7.03. The number of piperidine rings is 1. The minimum Gasteiger partial charge on any atom is -0.508 e. The Kier molecular flexibility index (Phi) is 2.94. The molecule has 3 aliphatic carbocycles. The molecule has 2 bridgehead atoms. The first-order valence-electron chi connectivity index (χ1n) is 9.24. The number of carbonyl (C=O) groups excluding carboxylic acids is 1. The van der Waals surface area contributed by atoms with Gasteiger partial charge in [-0.15, -0.1) is 0 Å². The van der Waals surface area contributed by atoms with Crippen LogP contribution in [0.4, 0.5) is 0 Å². The number of nitrogens with zero attached hydrogens (tertiary/aromatic N) is 1. The third kappa shape index (κ3) is 2.09. The van der Waals surface area contributed by atoms with Crippen LogP contribution in [0.5, 0.6) is 5.75 Å². The Labute approximate surface area is 137 Å². The highest BCUT2D eigenvalue weighted by Crippen LogP contribution is 2.55. The van der Waals surface area contributed by atoms with Crippen molar-refractivity contribution in [3.05, 3.63) is 29.3 Å². The normalized spacial score (nSPS) is 36.4. The van der Waals surface area contributed by atoms with Gasteiger partial charge >= 0.3 is 0 Å². The number of rotatable bonds is 2. The Hall–Kier alpha value is -1.35. The Balaban J connectivity index is 1.59. The van der Waals surface area contributed by atoms with Crippen molar-refractivity contribution in [2.75, 3.05) is 13.1 Å². The molecule has 23 heavy (non-hydrogen) atoms. The number of carbonyl (C=O) groups is 1. The zero-order chi connectivity index (χ0) is 15.6. The van der Waals surface area contributed by atoms with Gasteiger partial charge in [-0.25, -0.2) is 0 Å². The number of Topliss-reactive ketones (excluding diaryl/α,β-unsaturated/α-hetero) is 1. The summed E-state index contributed by atoms with van der Waals surface area (Å²) in [6.45, 7) is 2.40. The van der Waals surface area contributed by atoms with Crippen LogP contribution in [0.2, 0.25) is 0 Å². The van der Waals surface area contributed by atoms with Gasteiger partial charge in [0, 0.05) is 30.8 Å². The maximum Gasteiger partial charge on any atom is 0.133 e. The first kappa shape index (κ1) is 14.0. The van der Waals surface area contributed by atoms with Gasteiger partial charge in [-0.3, -0.25) is 9.69 Å². The van der Waals surface area contributed by atoms with Crippen LogP contribution < -0.4 is 0 Å². The van der Waals surface area contributed by atoms with Crippen LogP contribution in [0.1, 0.15) is 49.7 Å². The van der Waals surface area contributed by atoms with Crippen molar-refractivity contribution in [2.24, 2.45) is 11.8 Å². The first-order valence-corrected chi connectivity index (χ1v) is 9.24. The lowest BCUT2D eigenvalue weighted by Gasteiger charge is -2.58. The quantitative estimate of drug-likeness (QED) is 0.912. The molecule has 2 saturated carbocycles. The molecule has 1 aromatic rings. The fourth-order valence-corrected chi connectivity index (χ4v) is 5.70. The number of hydrogen-bond acceptors (Lipinski definition) is 3. The number of phenols is 1. The molecule has 0 unspecified atom stereocenters. The van der Waals surface area contributed by atoms with E-state index >= 15 is 0 Å². The lowest BCUT2D eigenvalue weighted by atomic mass is 9.52. The van der Waals surface area contributed by atoms with E-state index in [2.05, 4.69) is 11.0 Å². The van der Waals surface area contributed by atoms with Crippen molar-refractivity contribution < 1.29 is 9.90 Å². The third-order valence-electron chi connectivity index (χ3n) is 7.03. The van der Waals surface area contributed by atoms with E-state index < -0.39 is 0 Å². The van der Waals surface area contributed by atoms with Gasteiger partial charge in [0.15, 0.2) is 0 Å². The summed E-state index contributed by atoms with van der Waals surface area (Å²) in [5, 5.41) is 10.0. The number of phenolic OH excluding ortho intramolecular Hbond substituents is 1. The molecule has 0 amide bonds. The lowest BCUT2D eigenvalue weighted by Crippen LogP contribution is -2.62. The molecule has 3 fully saturated rings. The number of likely N-dealkylation sites (tertiary alicyclic amines) is 1. The largest absolute Gasteiger partial charge is 0.508 e. The first-order chi connectivity index (χ1) is 11.2. The van der Waals surface area contributed by atoms with Crippen LogP contribution in [0.3, 0.4) is 0 Å². The van der Waals surface area contributed by atoms with Crippen molar-refractivity contribution >= 4 is 5.78 Å². The van der Waals surface area contributed by atoms with E-state index in [-0.39, 0.29) is 5.41 Å². The molecule has 5 rings (SSSR count). The fraction of sp³-hybridized carbons (Fsp3) is 0.650. The monoisotopic (exact) mass is 311 g/mol. The molecule has 0 aromatic heterocycles. The predicted molar refractivity (Wildman–Crippen MR) is 88.5 cm³/mol. The summed E-state index contributed by atoms with van der Waals surface area (Å²) < 4.78 is 0. The maximum atomic E-state index is 12.2. The Morgan fingerprint density at radius 1 is 1.22 bits per heavy atom. The maximum absolute atomic E-state index is 12.2. The fourth-order valence-electron chi connectivity index (χ4n) is 5.70. The number of aromatic hydroxyl groups is 1. The highest BCUT2D eigenvalue weighted by Gasteiger charge is 2.55. The molecule has 1 aromatic carbocycles. The Morgan fingerprint density at radius 2 is 2.09 bits per heavy atom. The van der Waals surface area contributed by atoms with Gasteiger partial charge in [0.25, 0.3) is 0 Å². The molecular weight excluding hydrogens is 286 g/mol. The molecule has 3 heteroatoms. The van der Waals surface area contributed by atoms with E-state index in [1.165, 1.54) is 37.1 Å². The molecule has 1 N–H and O–H groups in total. The summed E-state index contributed by atoms with van der Waals surface area (Å²) in [6.07, 6.45) is 7.46. The van der Waals surface area contributed by atoms with E-state index in [0.717, 1.165) is 38.0 Å². The molecule has 1 saturated heterocycles.